The van der Waals surface area contributed by atoms with E-state index in [1.807, 2.05) is 28.0 Å². The summed E-state index contributed by atoms with van der Waals surface area (Å²) < 4.78 is 14.1. The normalized spacial score (nSPS) is 22.2. The summed E-state index contributed by atoms with van der Waals surface area (Å²) in [5.41, 5.74) is 0.654. The molecule has 3 fully saturated rings. The molecule has 0 spiro atoms. The van der Waals surface area contributed by atoms with Crippen molar-refractivity contribution in [3.63, 3.8) is 0 Å². The van der Waals surface area contributed by atoms with Gasteiger partial charge < -0.3 is 9.80 Å². The van der Waals surface area contributed by atoms with Crippen LogP contribution in [0, 0.1) is 17.7 Å². The Labute approximate surface area is 192 Å². The highest BCUT2D eigenvalue weighted by Gasteiger charge is 2.38. The summed E-state index contributed by atoms with van der Waals surface area (Å²) in [6.07, 6.45) is 3.85. The van der Waals surface area contributed by atoms with E-state index in [0.717, 1.165) is 69.8 Å². The first-order valence-corrected chi connectivity index (χ1v) is 12.5. The summed E-state index contributed by atoms with van der Waals surface area (Å²) in [7, 11) is 0. The van der Waals surface area contributed by atoms with Gasteiger partial charge in [-0.05, 0) is 43.9 Å². The van der Waals surface area contributed by atoms with E-state index in [2.05, 4.69) is 11.0 Å². The van der Waals surface area contributed by atoms with Gasteiger partial charge in [-0.2, -0.15) is 0 Å². The lowest BCUT2D eigenvalue weighted by Crippen LogP contribution is -2.52. The zero-order valence-corrected chi connectivity index (χ0v) is 19.2. The second-order valence-electron chi connectivity index (χ2n) is 9.24. The molecule has 1 atom stereocenters. The number of nitrogens with zero attached hydrogens (tertiary/aromatic N) is 3. The second kappa shape index (κ2) is 9.32. The number of piperazine rings is 1. The van der Waals surface area contributed by atoms with Crippen LogP contribution < -0.4 is 0 Å². The molecule has 2 aliphatic heterocycles. The molecule has 0 N–H and O–H groups in total. The Morgan fingerprint density at radius 1 is 0.875 bits per heavy atom. The van der Waals surface area contributed by atoms with E-state index in [4.69, 9.17) is 0 Å². The van der Waals surface area contributed by atoms with E-state index in [1.54, 1.807) is 17.4 Å². The Morgan fingerprint density at radius 2 is 1.62 bits per heavy atom. The lowest BCUT2D eigenvalue weighted by atomic mass is 9.95. The fourth-order valence-electron chi connectivity index (χ4n) is 4.84. The third-order valence-electron chi connectivity index (χ3n) is 6.87. The van der Waals surface area contributed by atoms with Gasteiger partial charge >= 0.3 is 0 Å². The van der Waals surface area contributed by atoms with Crippen molar-refractivity contribution < 1.29 is 14.0 Å². The molecule has 1 aliphatic carbocycles. The van der Waals surface area contributed by atoms with Gasteiger partial charge in [0.15, 0.2) is 0 Å². The van der Waals surface area contributed by atoms with E-state index in [9.17, 15) is 14.0 Å². The summed E-state index contributed by atoms with van der Waals surface area (Å²) in [6.45, 7) is 5.39. The van der Waals surface area contributed by atoms with Crippen molar-refractivity contribution in [2.75, 3.05) is 39.3 Å². The lowest BCUT2D eigenvalue weighted by molar-refractivity contribution is -0.142. The number of carbonyl (C=O) groups excluding carboxylic acids is 2. The molecule has 0 radical (unpaired) electrons. The van der Waals surface area contributed by atoms with Crippen LogP contribution in [0.25, 0.3) is 10.4 Å². The predicted molar refractivity (Wildman–Crippen MR) is 124 cm³/mol. The third kappa shape index (κ3) is 4.74. The van der Waals surface area contributed by atoms with Crippen molar-refractivity contribution in [2.24, 2.45) is 11.8 Å². The average Bonchev–Trinajstić information content (AvgIpc) is 3.58. The topological polar surface area (TPSA) is 43.9 Å². The number of carbonyl (C=O) groups is 2. The average molecular weight is 456 g/mol. The van der Waals surface area contributed by atoms with Crippen LogP contribution in [0.15, 0.2) is 36.4 Å². The molecule has 5 rings (SSSR count). The molecule has 3 aliphatic rings. The highest BCUT2D eigenvalue weighted by Crippen LogP contribution is 2.33. The van der Waals surface area contributed by atoms with E-state index in [0.29, 0.717) is 12.1 Å². The van der Waals surface area contributed by atoms with Gasteiger partial charge in [-0.15, -0.1) is 11.3 Å². The Bertz CT molecular complexity index is 981. The van der Waals surface area contributed by atoms with Crippen LogP contribution in [0.2, 0.25) is 0 Å². The highest BCUT2D eigenvalue weighted by atomic mass is 32.1. The number of benzene rings is 1. The summed E-state index contributed by atoms with van der Waals surface area (Å²) in [4.78, 5) is 34.0. The second-order valence-corrected chi connectivity index (χ2v) is 10.4. The highest BCUT2D eigenvalue weighted by molar-refractivity contribution is 7.15. The van der Waals surface area contributed by atoms with Crippen molar-refractivity contribution in [1.29, 1.82) is 0 Å². The van der Waals surface area contributed by atoms with Crippen molar-refractivity contribution in [2.45, 2.75) is 32.2 Å². The van der Waals surface area contributed by atoms with Crippen LogP contribution in [-0.4, -0.2) is 65.8 Å². The molecular formula is C25H30FN3O2S. The number of likely N-dealkylation sites (tertiary alicyclic amines) is 1. The molecule has 1 aromatic carbocycles. The monoisotopic (exact) mass is 455 g/mol. The molecule has 1 aromatic heterocycles. The SMILES string of the molecule is O=C(C1CCCN(C(=O)C2CC2)C1)N1CCN(Cc2ccc(-c3ccccc3F)s2)CC1. The quantitative estimate of drug-likeness (QED) is 0.688. The molecule has 1 unspecified atom stereocenters. The molecule has 5 nitrogen and oxygen atoms in total. The van der Waals surface area contributed by atoms with Gasteiger partial charge in [0, 0.05) is 67.0 Å². The molecule has 3 heterocycles. The number of hydrogen-bond acceptors (Lipinski definition) is 4. The molecule has 2 saturated heterocycles. The number of hydrogen-bond donors (Lipinski definition) is 0. The van der Waals surface area contributed by atoms with Crippen LogP contribution in [-0.2, 0) is 16.1 Å². The van der Waals surface area contributed by atoms with Crippen LogP contribution in [0.1, 0.15) is 30.6 Å². The Hall–Kier alpha value is -2.25. The number of rotatable bonds is 5. The first-order valence-electron chi connectivity index (χ1n) is 11.7. The van der Waals surface area contributed by atoms with Gasteiger partial charge in [-0.25, -0.2) is 4.39 Å². The van der Waals surface area contributed by atoms with Crippen LogP contribution >= 0.6 is 11.3 Å². The maximum Gasteiger partial charge on any atom is 0.227 e. The number of thiophene rings is 1. The van der Waals surface area contributed by atoms with Crippen molar-refractivity contribution >= 4 is 23.2 Å². The van der Waals surface area contributed by atoms with Gasteiger partial charge in [0.25, 0.3) is 0 Å². The minimum Gasteiger partial charge on any atom is -0.342 e. The summed E-state index contributed by atoms with van der Waals surface area (Å²) in [6, 6.07) is 11.0. The molecule has 7 heteroatoms. The van der Waals surface area contributed by atoms with Gasteiger partial charge in [-0.1, -0.05) is 18.2 Å². The summed E-state index contributed by atoms with van der Waals surface area (Å²) in [5.74, 6) is 0.476. The smallest absolute Gasteiger partial charge is 0.227 e. The van der Waals surface area contributed by atoms with Crippen molar-refractivity contribution in [1.82, 2.24) is 14.7 Å². The van der Waals surface area contributed by atoms with Gasteiger partial charge in [0.2, 0.25) is 11.8 Å². The van der Waals surface area contributed by atoms with Gasteiger partial charge in [0.05, 0.1) is 5.92 Å². The maximum absolute atomic E-state index is 14.1. The molecule has 0 bridgehead atoms. The zero-order valence-electron chi connectivity index (χ0n) is 18.3. The molecule has 1 saturated carbocycles. The first-order chi connectivity index (χ1) is 15.6. The zero-order chi connectivity index (χ0) is 22.1. The Balaban J connectivity index is 1.12. The fraction of sp³-hybridized carbons (Fsp3) is 0.520. The predicted octanol–water partition coefficient (Wildman–Crippen LogP) is 3.85. The van der Waals surface area contributed by atoms with E-state index >= 15 is 0 Å². The van der Waals surface area contributed by atoms with Crippen LogP contribution in [0.5, 0.6) is 0 Å². The van der Waals surface area contributed by atoms with Crippen LogP contribution in [0.3, 0.4) is 0 Å². The maximum atomic E-state index is 14.1. The molecule has 170 valence electrons. The molecule has 2 aromatic rings. The molecule has 2 amide bonds. The summed E-state index contributed by atoms with van der Waals surface area (Å²) in [5, 5.41) is 0. The fourth-order valence-corrected chi connectivity index (χ4v) is 5.92. The van der Waals surface area contributed by atoms with Gasteiger partial charge in [-0.3, -0.25) is 14.5 Å². The minimum atomic E-state index is -0.187. The molecule has 32 heavy (non-hydrogen) atoms. The van der Waals surface area contributed by atoms with E-state index < -0.39 is 0 Å². The lowest BCUT2D eigenvalue weighted by Gasteiger charge is -2.39. The number of halogens is 1. The standard InChI is InChI=1S/C25H30FN3O2S/c26-22-6-2-1-5-21(22)23-10-9-20(32-23)17-27-12-14-28(15-13-27)25(31)19-4-3-11-29(16-19)24(30)18-7-8-18/h1-2,5-6,9-10,18-19H,3-4,7-8,11-17H2. The van der Waals surface area contributed by atoms with Crippen LogP contribution in [0.4, 0.5) is 4.39 Å². The third-order valence-corrected chi connectivity index (χ3v) is 7.98. The Morgan fingerprint density at radius 3 is 2.38 bits per heavy atom. The van der Waals surface area contributed by atoms with Crippen molar-refractivity contribution in [3.8, 4) is 10.4 Å². The largest absolute Gasteiger partial charge is 0.342 e. The van der Waals surface area contributed by atoms with Gasteiger partial charge in [0.1, 0.15) is 5.82 Å². The number of piperidine rings is 1. The molecular weight excluding hydrogens is 425 g/mol. The van der Waals surface area contributed by atoms with Crippen molar-refractivity contribution in [3.05, 3.63) is 47.1 Å². The Kier molecular flexibility index (Phi) is 6.28. The minimum absolute atomic E-state index is 0.0429. The first kappa shape index (κ1) is 21.6. The summed E-state index contributed by atoms with van der Waals surface area (Å²) >= 11 is 1.63. The number of amides is 2. The van der Waals surface area contributed by atoms with E-state index in [-0.39, 0.29) is 29.5 Å². The van der Waals surface area contributed by atoms with E-state index in [1.165, 1.54) is 10.9 Å².